The minimum atomic E-state index is 0.117. The molecule has 0 atom stereocenters. The molecule has 0 unspecified atom stereocenters. The molecule has 0 radical (unpaired) electrons. The molecular weight excluding hydrogens is 190 g/mol. The molecule has 0 aromatic carbocycles. The highest BCUT2D eigenvalue weighted by atomic mass is 16.2. The van der Waals surface area contributed by atoms with Gasteiger partial charge in [0, 0.05) is 18.3 Å². The Morgan fingerprint density at radius 3 is 2.53 bits per heavy atom. The van der Waals surface area contributed by atoms with Crippen molar-refractivity contribution in [3.05, 3.63) is 11.9 Å². The van der Waals surface area contributed by atoms with E-state index >= 15 is 0 Å². The van der Waals surface area contributed by atoms with Crippen LogP contribution in [0.5, 0.6) is 0 Å². The van der Waals surface area contributed by atoms with Crippen LogP contribution >= 0.6 is 0 Å². The van der Waals surface area contributed by atoms with Gasteiger partial charge in [0.25, 0.3) is 0 Å². The highest BCUT2D eigenvalue weighted by Crippen LogP contribution is 2.12. The summed E-state index contributed by atoms with van der Waals surface area (Å²) in [5.74, 6) is 1.09. The molecule has 15 heavy (non-hydrogen) atoms. The molecule has 0 saturated carbocycles. The summed E-state index contributed by atoms with van der Waals surface area (Å²) in [6.45, 7) is 8.42. The lowest BCUT2D eigenvalue weighted by Gasteiger charge is -2.13. The fraction of sp³-hybridized carbons (Fsp3) is 0.727. The molecule has 0 saturated heterocycles. The van der Waals surface area contributed by atoms with Crippen molar-refractivity contribution in [3.8, 4) is 0 Å². The first-order valence-electron chi connectivity index (χ1n) is 5.56. The van der Waals surface area contributed by atoms with Crippen molar-refractivity contribution in [2.24, 2.45) is 11.8 Å². The van der Waals surface area contributed by atoms with Crippen LogP contribution in [-0.4, -0.2) is 10.9 Å². The molecule has 1 rings (SSSR count). The van der Waals surface area contributed by atoms with E-state index < -0.39 is 0 Å². The van der Waals surface area contributed by atoms with Crippen molar-refractivity contribution in [1.29, 1.82) is 0 Å². The zero-order valence-corrected chi connectivity index (χ0v) is 10.0. The van der Waals surface area contributed by atoms with E-state index in [0.29, 0.717) is 18.3 Å². The maximum Gasteiger partial charge on any atom is 0.242 e. The second-order valence-electron chi connectivity index (χ2n) is 4.67. The predicted octanol–water partition coefficient (Wildman–Crippen LogP) is 1.77. The molecule has 0 bridgehead atoms. The van der Waals surface area contributed by atoms with Crippen molar-refractivity contribution in [3.63, 3.8) is 0 Å². The van der Waals surface area contributed by atoms with Gasteiger partial charge in [0.15, 0.2) is 0 Å². The number of nitrogens with zero attached hydrogens (tertiary/aromatic N) is 1. The van der Waals surface area contributed by atoms with Crippen molar-refractivity contribution in [2.45, 2.75) is 40.5 Å². The summed E-state index contributed by atoms with van der Waals surface area (Å²) in [5, 5.41) is 1.54. The summed E-state index contributed by atoms with van der Waals surface area (Å²) < 4.78 is 0. The van der Waals surface area contributed by atoms with Crippen LogP contribution in [0.4, 0.5) is 0 Å². The number of allylic oxidation sites excluding steroid dienone is 1. The lowest BCUT2D eigenvalue weighted by Crippen LogP contribution is -2.40. The van der Waals surface area contributed by atoms with Gasteiger partial charge in [0.2, 0.25) is 5.91 Å². The molecular formula is C11H21N3O. The maximum atomic E-state index is 11.7. The number of hydrogen-bond donors (Lipinski definition) is 2. The third-order valence-electron chi connectivity index (χ3n) is 2.42. The van der Waals surface area contributed by atoms with Gasteiger partial charge < -0.3 is 5.43 Å². The van der Waals surface area contributed by atoms with Gasteiger partial charge in [-0.3, -0.25) is 4.79 Å². The number of amides is 1. The summed E-state index contributed by atoms with van der Waals surface area (Å²) in [4.78, 5) is 11.7. The van der Waals surface area contributed by atoms with Gasteiger partial charge in [-0.15, -0.1) is 5.53 Å². The van der Waals surface area contributed by atoms with Crippen LogP contribution in [0.15, 0.2) is 11.9 Å². The Kier molecular flexibility index (Phi) is 4.15. The average molecular weight is 211 g/mol. The molecule has 1 aliphatic heterocycles. The predicted molar refractivity (Wildman–Crippen MR) is 60.1 cm³/mol. The Balaban J connectivity index is 2.42. The molecule has 0 spiro atoms. The normalized spacial score (nSPS) is 15.9. The molecule has 1 aliphatic rings. The Bertz CT molecular complexity index is 259. The van der Waals surface area contributed by atoms with E-state index in [1.54, 1.807) is 0 Å². The van der Waals surface area contributed by atoms with E-state index in [-0.39, 0.29) is 5.91 Å². The fourth-order valence-corrected chi connectivity index (χ4v) is 1.29. The van der Waals surface area contributed by atoms with Crippen LogP contribution < -0.4 is 11.0 Å². The summed E-state index contributed by atoms with van der Waals surface area (Å²) >= 11 is 0. The Hall–Kier alpha value is -1.03. The smallest absolute Gasteiger partial charge is 0.242 e. The number of rotatable bonds is 4. The quantitative estimate of drug-likeness (QED) is 0.745. The number of carbonyl (C=O) groups excluding carboxylic acids is 1. The number of hydrogen-bond acceptors (Lipinski definition) is 3. The molecule has 86 valence electrons. The van der Waals surface area contributed by atoms with Crippen molar-refractivity contribution >= 4 is 5.91 Å². The second kappa shape index (κ2) is 5.16. The molecule has 0 aliphatic carbocycles. The summed E-state index contributed by atoms with van der Waals surface area (Å²) in [6, 6.07) is 0. The van der Waals surface area contributed by atoms with Gasteiger partial charge in [-0.2, -0.15) is 0 Å². The second-order valence-corrected chi connectivity index (χ2v) is 4.67. The largest absolute Gasteiger partial charge is 0.306 e. The van der Waals surface area contributed by atoms with Crippen molar-refractivity contribution < 1.29 is 4.79 Å². The summed E-state index contributed by atoms with van der Waals surface area (Å²) in [7, 11) is 0. The zero-order chi connectivity index (χ0) is 11.4. The van der Waals surface area contributed by atoms with Crippen LogP contribution in [-0.2, 0) is 4.79 Å². The highest BCUT2D eigenvalue weighted by molar-refractivity contribution is 5.77. The topological polar surface area (TPSA) is 44.4 Å². The third kappa shape index (κ3) is 3.55. The SMILES string of the molecule is CC(C)CCC(=O)N1C=C(C(C)C)NN1. The summed E-state index contributed by atoms with van der Waals surface area (Å²) in [5.41, 5.74) is 6.89. The molecule has 1 amide bonds. The lowest BCUT2D eigenvalue weighted by atomic mass is 10.1. The Morgan fingerprint density at radius 1 is 1.40 bits per heavy atom. The van der Waals surface area contributed by atoms with E-state index in [1.165, 1.54) is 5.01 Å². The van der Waals surface area contributed by atoms with Gasteiger partial charge in [0.05, 0.1) is 0 Å². The Labute approximate surface area is 91.7 Å². The molecule has 4 heteroatoms. The van der Waals surface area contributed by atoms with E-state index in [1.807, 2.05) is 6.20 Å². The fourth-order valence-electron chi connectivity index (χ4n) is 1.29. The van der Waals surface area contributed by atoms with E-state index in [2.05, 4.69) is 38.7 Å². The maximum absolute atomic E-state index is 11.7. The number of carbonyl (C=O) groups is 1. The van der Waals surface area contributed by atoms with Crippen LogP contribution in [0.3, 0.4) is 0 Å². The molecule has 0 fully saturated rings. The first kappa shape index (κ1) is 12.0. The van der Waals surface area contributed by atoms with Crippen molar-refractivity contribution in [1.82, 2.24) is 16.0 Å². The third-order valence-corrected chi connectivity index (χ3v) is 2.42. The highest BCUT2D eigenvalue weighted by Gasteiger charge is 2.19. The molecule has 4 nitrogen and oxygen atoms in total. The zero-order valence-electron chi connectivity index (χ0n) is 10.0. The molecule has 2 N–H and O–H groups in total. The number of nitrogens with one attached hydrogen (secondary N) is 2. The number of hydrazine groups is 2. The Morgan fingerprint density at radius 2 is 2.07 bits per heavy atom. The van der Waals surface area contributed by atoms with Crippen LogP contribution in [0.1, 0.15) is 40.5 Å². The first-order chi connectivity index (χ1) is 7.00. The first-order valence-corrected chi connectivity index (χ1v) is 5.56. The van der Waals surface area contributed by atoms with E-state index in [9.17, 15) is 4.79 Å². The standard InChI is InChI=1S/C11H21N3O/c1-8(2)5-6-11(15)14-7-10(9(3)4)12-13-14/h7-9,12-13H,5-6H2,1-4H3. The average Bonchev–Trinajstić information content (AvgIpc) is 2.62. The minimum absolute atomic E-state index is 0.117. The van der Waals surface area contributed by atoms with Gasteiger partial charge in [0.1, 0.15) is 0 Å². The van der Waals surface area contributed by atoms with Gasteiger partial charge in [-0.25, -0.2) is 5.01 Å². The monoisotopic (exact) mass is 211 g/mol. The minimum Gasteiger partial charge on any atom is -0.306 e. The van der Waals surface area contributed by atoms with Crippen LogP contribution in [0, 0.1) is 11.8 Å². The molecule has 0 aromatic heterocycles. The molecule has 1 heterocycles. The van der Waals surface area contributed by atoms with E-state index in [4.69, 9.17) is 0 Å². The van der Waals surface area contributed by atoms with Gasteiger partial charge >= 0.3 is 0 Å². The van der Waals surface area contributed by atoms with Crippen LogP contribution in [0.2, 0.25) is 0 Å². The van der Waals surface area contributed by atoms with Crippen molar-refractivity contribution in [2.75, 3.05) is 0 Å². The van der Waals surface area contributed by atoms with Gasteiger partial charge in [-0.1, -0.05) is 27.7 Å². The van der Waals surface area contributed by atoms with Gasteiger partial charge in [-0.05, 0) is 18.3 Å². The summed E-state index contributed by atoms with van der Waals surface area (Å²) in [6.07, 6.45) is 3.36. The molecule has 0 aromatic rings. The lowest BCUT2D eigenvalue weighted by molar-refractivity contribution is -0.131. The van der Waals surface area contributed by atoms with E-state index in [0.717, 1.165) is 12.1 Å². The van der Waals surface area contributed by atoms with Crippen LogP contribution in [0.25, 0.3) is 0 Å².